The highest BCUT2D eigenvalue weighted by molar-refractivity contribution is 6.34. The van der Waals surface area contributed by atoms with Gasteiger partial charge in [0.25, 0.3) is 5.91 Å². The van der Waals surface area contributed by atoms with E-state index in [-0.39, 0.29) is 5.91 Å². The summed E-state index contributed by atoms with van der Waals surface area (Å²) in [5.41, 5.74) is 2.69. The lowest BCUT2D eigenvalue weighted by Gasteiger charge is -2.32. The quantitative estimate of drug-likeness (QED) is 0.396. The highest BCUT2D eigenvalue weighted by Crippen LogP contribution is 2.26. The third-order valence-electron chi connectivity index (χ3n) is 6.35. The fourth-order valence-corrected chi connectivity index (χ4v) is 4.36. The number of hydrogen-bond acceptors (Lipinski definition) is 8. The molecule has 0 saturated carbocycles. The molecule has 0 radical (unpaired) electrons. The van der Waals surface area contributed by atoms with Crippen molar-refractivity contribution in [2.45, 2.75) is 6.92 Å². The zero-order valence-electron chi connectivity index (χ0n) is 20.9. The fraction of sp³-hybridized carbons (Fsp3) is 0.269. The molecule has 1 saturated heterocycles. The molecule has 190 valence electrons. The summed E-state index contributed by atoms with van der Waals surface area (Å²) in [6, 6.07) is 15.3. The predicted molar refractivity (Wildman–Crippen MR) is 146 cm³/mol. The minimum absolute atomic E-state index is 0.321. The molecule has 0 spiro atoms. The molecule has 1 fully saturated rings. The average molecular weight is 518 g/mol. The number of likely N-dealkylation sites (N-methyl/N-ethyl adjacent to an activating group) is 1. The first kappa shape index (κ1) is 24.7. The van der Waals surface area contributed by atoms with Gasteiger partial charge in [-0.3, -0.25) is 10.1 Å². The lowest BCUT2D eigenvalue weighted by atomic mass is 10.2. The highest BCUT2D eigenvalue weighted by Gasteiger charge is 2.21. The molecule has 5 rings (SSSR count). The van der Waals surface area contributed by atoms with Gasteiger partial charge in [-0.05, 0) is 25.6 Å². The van der Waals surface area contributed by atoms with Crippen LogP contribution in [0.5, 0.6) is 0 Å². The number of hydrogen-bond donors (Lipinski definition) is 2. The third-order valence-corrected chi connectivity index (χ3v) is 6.66. The standard InChI is InChI=1S/C26H28ClN9O/c1-17-8-7-11-19(27)21(17)29-23(37)20-16-28-25(35(20)3)32-24-30-22(18-9-5-4-6-10-18)31-26(33-24)36-14-12-34(2)13-15-36/h4-11,16H,12-15H2,1-3H3,(H,29,37)(H,28,30,31,32,33). The van der Waals surface area contributed by atoms with Crippen LogP contribution in [0.4, 0.5) is 23.5 Å². The van der Waals surface area contributed by atoms with Crippen LogP contribution in [0, 0.1) is 6.92 Å². The van der Waals surface area contributed by atoms with Gasteiger partial charge in [0.15, 0.2) is 5.82 Å². The number of halogens is 1. The summed E-state index contributed by atoms with van der Waals surface area (Å²) in [6.07, 6.45) is 1.50. The van der Waals surface area contributed by atoms with E-state index in [9.17, 15) is 4.79 Å². The van der Waals surface area contributed by atoms with Crippen LogP contribution in [-0.4, -0.2) is 68.5 Å². The van der Waals surface area contributed by atoms with Crippen LogP contribution >= 0.6 is 11.6 Å². The van der Waals surface area contributed by atoms with E-state index in [2.05, 4.69) is 37.4 Å². The van der Waals surface area contributed by atoms with Gasteiger partial charge in [0.1, 0.15) is 5.69 Å². The predicted octanol–water partition coefficient (Wildman–Crippen LogP) is 3.98. The molecule has 0 unspecified atom stereocenters. The van der Waals surface area contributed by atoms with Crippen LogP contribution in [0.3, 0.4) is 0 Å². The number of para-hydroxylation sites is 1. The molecule has 1 aliphatic heterocycles. The minimum atomic E-state index is -0.321. The molecular formula is C26H28ClN9O. The molecule has 1 aliphatic rings. The maximum Gasteiger partial charge on any atom is 0.274 e. The maximum absolute atomic E-state index is 13.0. The van der Waals surface area contributed by atoms with Gasteiger partial charge in [-0.25, -0.2) is 4.98 Å². The molecular weight excluding hydrogens is 490 g/mol. The number of benzene rings is 2. The van der Waals surface area contributed by atoms with Crippen molar-refractivity contribution in [3.63, 3.8) is 0 Å². The summed E-state index contributed by atoms with van der Waals surface area (Å²) in [7, 11) is 3.86. The fourth-order valence-electron chi connectivity index (χ4n) is 4.09. The first-order valence-corrected chi connectivity index (χ1v) is 12.4. The molecule has 3 heterocycles. The van der Waals surface area contributed by atoms with Crippen LogP contribution in [0.15, 0.2) is 54.7 Å². The Morgan fingerprint density at radius 3 is 2.43 bits per heavy atom. The Hall–Kier alpha value is -4.02. The van der Waals surface area contributed by atoms with Crippen molar-refractivity contribution in [2.75, 3.05) is 48.8 Å². The number of piperazine rings is 1. The molecule has 2 N–H and O–H groups in total. The zero-order chi connectivity index (χ0) is 25.9. The normalized spacial score (nSPS) is 14.0. The Bertz CT molecular complexity index is 1390. The summed E-state index contributed by atoms with van der Waals surface area (Å²) in [5.74, 6) is 1.62. The number of nitrogens with one attached hydrogen (secondary N) is 2. The van der Waals surface area contributed by atoms with Crippen LogP contribution in [0.1, 0.15) is 16.1 Å². The van der Waals surface area contributed by atoms with Crippen molar-refractivity contribution in [3.8, 4) is 11.4 Å². The number of amides is 1. The first-order chi connectivity index (χ1) is 17.9. The van der Waals surface area contributed by atoms with E-state index in [1.54, 1.807) is 17.7 Å². The van der Waals surface area contributed by atoms with E-state index in [0.29, 0.717) is 40.1 Å². The van der Waals surface area contributed by atoms with Gasteiger partial charge in [0, 0.05) is 38.8 Å². The van der Waals surface area contributed by atoms with Crippen molar-refractivity contribution in [1.82, 2.24) is 29.4 Å². The minimum Gasteiger partial charge on any atom is -0.338 e. The van der Waals surface area contributed by atoms with Gasteiger partial charge in [-0.15, -0.1) is 0 Å². The highest BCUT2D eigenvalue weighted by atomic mass is 35.5. The Labute approximate surface area is 220 Å². The van der Waals surface area contributed by atoms with E-state index in [1.807, 2.05) is 49.4 Å². The number of aromatic nitrogens is 5. The molecule has 37 heavy (non-hydrogen) atoms. The number of carbonyl (C=O) groups excluding carboxylic acids is 1. The van der Waals surface area contributed by atoms with E-state index in [1.165, 1.54) is 6.20 Å². The van der Waals surface area contributed by atoms with Crippen molar-refractivity contribution in [3.05, 3.63) is 71.0 Å². The van der Waals surface area contributed by atoms with Gasteiger partial charge in [0.05, 0.1) is 16.9 Å². The average Bonchev–Trinajstić information content (AvgIpc) is 3.26. The SMILES string of the molecule is Cc1cccc(Cl)c1NC(=O)c1cnc(Nc2nc(-c3ccccc3)nc(N3CCN(C)CC3)n2)n1C. The molecule has 4 aromatic rings. The Kier molecular flexibility index (Phi) is 7.02. The van der Waals surface area contributed by atoms with Crippen LogP contribution in [0.25, 0.3) is 11.4 Å². The largest absolute Gasteiger partial charge is 0.338 e. The van der Waals surface area contributed by atoms with Crippen molar-refractivity contribution < 1.29 is 4.79 Å². The van der Waals surface area contributed by atoms with E-state index in [0.717, 1.165) is 37.3 Å². The number of nitrogens with zero attached hydrogens (tertiary/aromatic N) is 7. The van der Waals surface area contributed by atoms with E-state index in [4.69, 9.17) is 21.6 Å². The molecule has 2 aromatic carbocycles. The summed E-state index contributed by atoms with van der Waals surface area (Å²) in [5, 5.41) is 6.54. The summed E-state index contributed by atoms with van der Waals surface area (Å²) >= 11 is 6.29. The molecule has 1 amide bonds. The summed E-state index contributed by atoms with van der Waals surface area (Å²) < 4.78 is 1.66. The van der Waals surface area contributed by atoms with Crippen LogP contribution < -0.4 is 15.5 Å². The van der Waals surface area contributed by atoms with Crippen molar-refractivity contribution >= 4 is 41.0 Å². The van der Waals surface area contributed by atoms with Gasteiger partial charge in [0.2, 0.25) is 17.8 Å². The van der Waals surface area contributed by atoms with Crippen LogP contribution in [0.2, 0.25) is 5.02 Å². The van der Waals surface area contributed by atoms with Gasteiger partial charge in [-0.2, -0.15) is 15.0 Å². The number of aryl methyl sites for hydroxylation is 1. The topological polar surface area (TPSA) is 104 Å². The van der Waals surface area contributed by atoms with Gasteiger partial charge < -0.3 is 19.7 Å². The maximum atomic E-state index is 13.0. The van der Waals surface area contributed by atoms with E-state index >= 15 is 0 Å². The second kappa shape index (κ2) is 10.5. The molecule has 2 aromatic heterocycles. The second-order valence-corrected chi connectivity index (χ2v) is 9.38. The van der Waals surface area contributed by atoms with Crippen molar-refractivity contribution in [2.24, 2.45) is 7.05 Å². The molecule has 10 nitrogen and oxygen atoms in total. The Morgan fingerprint density at radius 1 is 0.946 bits per heavy atom. The van der Waals surface area contributed by atoms with Crippen LogP contribution in [-0.2, 0) is 7.05 Å². The first-order valence-electron chi connectivity index (χ1n) is 12.0. The Balaban J connectivity index is 1.43. The molecule has 0 atom stereocenters. The lowest BCUT2D eigenvalue weighted by Crippen LogP contribution is -2.45. The smallest absolute Gasteiger partial charge is 0.274 e. The molecule has 0 bridgehead atoms. The number of imidazole rings is 1. The van der Waals surface area contributed by atoms with Gasteiger partial charge >= 0.3 is 0 Å². The van der Waals surface area contributed by atoms with Gasteiger partial charge in [-0.1, -0.05) is 54.1 Å². The third kappa shape index (κ3) is 5.40. The molecule has 11 heteroatoms. The zero-order valence-corrected chi connectivity index (χ0v) is 21.7. The summed E-state index contributed by atoms with van der Waals surface area (Å²) in [6.45, 7) is 5.39. The lowest BCUT2D eigenvalue weighted by molar-refractivity contribution is 0.101. The number of carbonyl (C=O) groups is 1. The monoisotopic (exact) mass is 517 g/mol. The van der Waals surface area contributed by atoms with Crippen molar-refractivity contribution in [1.29, 1.82) is 0 Å². The molecule has 0 aliphatic carbocycles. The Morgan fingerprint density at radius 2 is 1.70 bits per heavy atom. The van der Waals surface area contributed by atoms with E-state index < -0.39 is 0 Å². The number of anilines is 4. The summed E-state index contributed by atoms with van der Waals surface area (Å²) in [4.78, 5) is 36.0. The second-order valence-electron chi connectivity index (χ2n) is 8.98. The number of rotatable bonds is 6.